The van der Waals surface area contributed by atoms with E-state index in [1.165, 1.54) is 18.5 Å². The summed E-state index contributed by atoms with van der Waals surface area (Å²) in [5.41, 5.74) is 6.38. The number of pyridine rings is 1. The first-order valence-corrected chi connectivity index (χ1v) is 14.4. The fraction of sp³-hybridized carbons (Fsp3) is 0.364. The van der Waals surface area contributed by atoms with Crippen LogP contribution in [0.4, 0.5) is 11.4 Å². The van der Waals surface area contributed by atoms with E-state index < -0.39 is 0 Å². The summed E-state index contributed by atoms with van der Waals surface area (Å²) >= 11 is 0. The highest BCUT2D eigenvalue weighted by molar-refractivity contribution is 6.11. The van der Waals surface area contributed by atoms with Crippen LogP contribution in [0.5, 0.6) is 0 Å². The van der Waals surface area contributed by atoms with Gasteiger partial charge in [0, 0.05) is 61.7 Å². The van der Waals surface area contributed by atoms with Crippen LogP contribution in [0.2, 0.25) is 0 Å². The molecule has 0 N–H and O–H groups in total. The van der Waals surface area contributed by atoms with Crippen molar-refractivity contribution in [3.63, 3.8) is 0 Å². The van der Waals surface area contributed by atoms with Crippen molar-refractivity contribution in [3.05, 3.63) is 89.9 Å². The zero-order valence-electron chi connectivity index (χ0n) is 23.1. The highest BCUT2D eigenvalue weighted by Gasteiger charge is 2.38. The molecule has 2 amide bonds. The van der Waals surface area contributed by atoms with Crippen molar-refractivity contribution in [2.24, 2.45) is 5.41 Å². The standard InChI is InChI=1S/C33H35N5O2/c1-24-3-2-4-26-22-38(32(40)31(24)26)28-6-5-25-9-16-37(29(25)21-28)23-30(39)36-19-12-33(13-20-36)10-17-35(18-11-33)27-7-14-34-15-8-27/h2-9,14-16,21H,10-13,17-20,22-23H2,1H3. The molecule has 7 heteroatoms. The minimum Gasteiger partial charge on any atom is -0.371 e. The Labute approximate surface area is 235 Å². The molecule has 2 aromatic carbocycles. The van der Waals surface area contributed by atoms with E-state index in [1.807, 2.05) is 59.2 Å². The van der Waals surface area contributed by atoms with Crippen LogP contribution in [0.1, 0.15) is 47.2 Å². The molecule has 204 valence electrons. The molecule has 0 saturated carbocycles. The van der Waals surface area contributed by atoms with Gasteiger partial charge in [0.25, 0.3) is 5.91 Å². The van der Waals surface area contributed by atoms with Crippen molar-refractivity contribution in [3.8, 4) is 0 Å². The third kappa shape index (κ3) is 4.34. The first-order chi connectivity index (χ1) is 19.5. The van der Waals surface area contributed by atoms with Gasteiger partial charge in [0.05, 0.1) is 12.1 Å². The minimum absolute atomic E-state index is 0.0514. The summed E-state index contributed by atoms with van der Waals surface area (Å²) in [6, 6.07) is 18.4. The van der Waals surface area contributed by atoms with E-state index in [1.54, 1.807) is 0 Å². The Morgan fingerprint density at radius 3 is 2.40 bits per heavy atom. The lowest BCUT2D eigenvalue weighted by atomic mass is 9.71. The Morgan fingerprint density at radius 2 is 1.65 bits per heavy atom. The van der Waals surface area contributed by atoms with E-state index >= 15 is 0 Å². The van der Waals surface area contributed by atoms with Gasteiger partial charge in [0.1, 0.15) is 6.54 Å². The summed E-state index contributed by atoms with van der Waals surface area (Å²) in [7, 11) is 0. The predicted molar refractivity (Wildman–Crippen MR) is 158 cm³/mol. The highest BCUT2D eigenvalue weighted by Crippen LogP contribution is 2.42. The summed E-state index contributed by atoms with van der Waals surface area (Å²) in [6.45, 7) is 6.70. The number of rotatable bonds is 4. The zero-order valence-corrected chi connectivity index (χ0v) is 23.1. The number of fused-ring (bicyclic) bond motifs is 2. The number of piperidine rings is 2. The topological polar surface area (TPSA) is 61.7 Å². The quantitative estimate of drug-likeness (QED) is 0.352. The number of aryl methyl sites for hydroxylation is 1. The van der Waals surface area contributed by atoms with Gasteiger partial charge in [-0.05, 0) is 84.9 Å². The first-order valence-electron chi connectivity index (χ1n) is 14.4. The van der Waals surface area contributed by atoms with Crippen molar-refractivity contribution in [1.29, 1.82) is 0 Å². The Kier molecular flexibility index (Phi) is 6.10. The lowest BCUT2D eigenvalue weighted by molar-refractivity contribution is -0.134. The van der Waals surface area contributed by atoms with Crippen molar-refractivity contribution in [2.75, 3.05) is 36.0 Å². The molecule has 0 aliphatic carbocycles. The number of nitrogens with zero attached hydrogens (tertiary/aromatic N) is 5. The molecule has 40 heavy (non-hydrogen) atoms. The van der Waals surface area contributed by atoms with E-state index in [0.717, 1.165) is 72.3 Å². The summed E-state index contributed by atoms with van der Waals surface area (Å²) < 4.78 is 2.04. The van der Waals surface area contributed by atoms with E-state index in [9.17, 15) is 9.59 Å². The molecule has 4 aromatic rings. The van der Waals surface area contributed by atoms with Crippen LogP contribution in [0, 0.1) is 12.3 Å². The number of carbonyl (C=O) groups is 2. The van der Waals surface area contributed by atoms with Gasteiger partial charge in [-0.1, -0.05) is 24.3 Å². The molecule has 7 rings (SSSR count). The van der Waals surface area contributed by atoms with Gasteiger partial charge in [-0.15, -0.1) is 0 Å². The highest BCUT2D eigenvalue weighted by atomic mass is 16.2. The molecule has 2 saturated heterocycles. The molecule has 0 radical (unpaired) electrons. The van der Waals surface area contributed by atoms with Gasteiger partial charge < -0.3 is 19.3 Å². The molecule has 2 fully saturated rings. The average Bonchev–Trinajstić information content (AvgIpc) is 3.55. The van der Waals surface area contributed by atoms with Crippen molar-refractivity contribution < 1.29 is 9.59 Å². The predicted octanol–water partition coefficient (Wildman–Crippen LogP) is 5.41. The number of hydrogen-bond donors (Lipinski definition) is 0. The number of benzene rings is 2. The minimum atomic E-state index is 0.0514. The van der Waals surface area contributed by atoms with Crippen LogP contribution in [0.15, 0.2) is 73.2 Å². The van der Waals surface area contributed by atoms with Crippen LogP contribution in [0.25, 0.3) is 10.9 Å². The van der Waals surface area contributed by atoms with Crippen molar-refractivity contribution in [1.82, 2.24) is 14.5 Å². The molecule has 5 heterocycles. The smallest absolute Gasteiger partial charge is 0.259 e. The molecule has 1 spiro atoms. The second-order valence-corrected chi connectivity index (χ2v) is 11.8. The normalized spacial score (nSPS) is 18.5. The zero-order chi connectivity index (χ0) is 27.3. The van der Waals surface area contributed by atoms with E-state index in [2.05, 4.69) is 45.1 Å². The maximum absolute atomic E-state index is 13.4. The number of likely N-dealkylation sites (tertiary alicyclic amines) is 1. The molecule has 2 aromatic heterocycles. The third-order valence-corrected chi connectivity index (χ3v) is 9.55. The Balaban J connectivity index is 1.01. The largest absolute Gasteiger partial charge is 0.371 e. The van der Waals surface area contributed by atoms with Gasteiger partial charge >= 0.3 is 0 Å². The molecule has 0 atom stereocenters. The second kappa shape index (κ2) is 9.81. The Hall–Kier alpha value is -4.13. The number of amides is 2. The Bertz CT molecular complexity index is 1580. The SMILES string of the molecule is Cc1cccc2c1C(=O)N(c1ccc3ccn(CC(=O)N4CCC5(CC4)CCN(c4ccncc4)CC5)c3c1)C2. The molecule has 0 unspecified atom stereocenters. The lowest BCUT2D eigenvalue weighted by Gasteiger charge is -2.47. The summed E-state index contributed by atoms with van der Waals surface area (Å²) in [5.74, 6) is 0.225. The van der Waals surface area contributed by atoms with Gasteiger partial charge in [0.2, 0.25) is 5.91 Å². The van der Waals surface area contributed by atoms with Crippen LogP contribution in [-0.2, 0) is 17.9 Å². The summed E-state index contributed by atoms with van der Waals surface area (Å²) in [5, 5.41) is 1.08. The molecular weight excluding hydrogens is 498 g/mol. The second-order valence-electron chi connectivity index (χ2n) is 11.8. The molecule has 0 bridgehead atoms. The molecule has 3 aliphatic heterocycles. The maximum Gasteiger partial charge on any atom is 0.259 e. The van der Waals surface area contributed by atoms with E-state index in [4.69, 9.17) is 0 Å². The number of carbonyl (C=O) groups excluding carboxylic acids is 2. The Morgan fingerprint density at radius 1 is 0.900 bits per heavy atom. The van der Waals surface area contributed by atoms with Crippen molar-refractivity contribution >= 4 is 34.1 Å². The number of aromatic nitrogens is 2. The van der Waals surface area contributed by atoms with Crippen LogP contribution in [0.3, 0.4) is 0 Å². The fourth-order valence-electron chi connectivity index (χ4n) is 7.00. The fourth-order valence-corrected chi connectivity index (χ4v) is 7.00. The summed E-state index contributed by atoms with van der Waals surface area (Å²) in [6.07, 6.45) is 10.3. The van der Waals surface area contributed by atoms with Crippen LogP contribution < -0.4 is 9.80 Å². The summed E-state index contributed by atoms with van der Waals surface area (Å²) in [4.78, 5) is 37.2. The van der Waals surface area contributed by atoms with Gasteiger partial charge in [-0.25, -0.2) is 0 Å². The average molecular weight is 534 g/mol. The number of hydrogen-bond acceptors (Lipinski definition) is 4. The number of anilines is 2. The van der Waals surface area contributed by atoms with Crippen LogP contribution >= 0.6 is 0 Å². The van der Waals surface area contributed by atoms with Crippen molar-refractivity contribution in [2.45, 2.75) is 45.7 Å². The van der Waals surface area contributed by atoms with Gasteiger partial charge in [-0.2, -0.15) is 0 Å². The monoisotopic (exact) mass is 533 g/mol. The van der Waals surface area contributed by atoms with Gasteiger partial charge in [0.15, 0.2) is 0 Å². The van der Waals surface area contributed by atoms with E-state index in [0.29, 0.717) is 18.5 Å². The van der Waals surface area contributed by atoms with E-state index in [-0.39, 0.29) is 11.8 Å². The lowest BCUT2D eigenvalue weighted by Crippen LogP contribution is -2.48. The maximum atomic E-state index is 13.4. The first kappa shape index (κ1) is 24.9. The van der Waals surface area contributed by atoms with Gasteiger partial charge in [-0.3, -0.25) is 14.6 Å². The van der Waals surface area contributed by atoms with Crippen LogP contribution in [-0.4, -0.2) is 52.4 Å². The third-order valence-electron chi connectivity index (χ3n) is 9.55. The molecule has 7 nitrogen and oxygen atoms in total. The molecular formula is C33H35N5O2. The molecule has 3 aliphatic rings.